The van der Waals surface area contributed by atoms with Crippen LogP contribution in [0.15, 0.2) is 24.3 Å². The molecule has 21 heavy (non-hydrogen) atoms. The number of anilines is 1. The zero-order valence-corrected chi connectivity index (χ0v) is 13.3. The molecule has 1 aliphatic rings. The van der Waals surface area contributed by atoms with Gasteiger partial charge in [0, 0.05) is 30.0 Å². The van der Waals surface area contributed by atoms with E-state index in [-0.39, 0.29) is 24.6 Å². The van der Waals surface area contributed by atoms with Crippen LogP contribution in [0, 0.1) is 5.92 Å². The van der Waals surface area contributed by atoms with Crippen molar-refractivity contribution in [2.24, 2.45) is 5.92 Å². The molecule has 2 atom stereocenters. The van der Waals surface area contributed by atoms with Crippen LogP contribution in [-0.4, -0.2) is 30.0 Å². The molecule has 0 heterocycles. The van der Waals surface area contributed by atoms with E-state index in [1.165, 1.54) is 5.56 Å². The number of hydrogen-bond donors (Lipinski definition) is 3. The number of aliphatic hydroxyl groups is 1. The third-order valence-electron chi connectivity index (χ3n) is 3.98. The standard InChI is InChI=1S/C16H24N2O2S/c1-21-11-12-6-8-14(9-7-12)17-16(20)18-15-5-3-2-4-13(15)10-19/h6-9,13,15,19H,2-5,10-11H2,1H3,(H2,17,18,20). The molecule has 0 aromatic heterocycles. The average Bonchev–Trinajstić information content (AvgIpc) is 2.50. The maximum absolute atomic E-state index is 12.0. The lowest BCUT2D eigenvalue weighted by Crippen LogP contribution is -2.45. The largest absolute Gasteiger partial charge is 0.396 e. The molecule has 2 unspecified atom stereocenters. The molecule has 0 spiro atoms. The molecule has 4 nitrogen and oxygen atoms in total. The van der Waals surface area contributed by atoms with Gasteiger partial charge in [0.2, 0.25) is 0 Å². The molecule has 1 aliphatic carbocycles. The first-order valence-corrected chi connectivity index (χ1v) is 8.88. The minimum absolute atomic E-state index is 0.0829. The summed E-state index contributed by atoms with van der Waals surface area (Å²) in [6, 6.07) is 7.81. The van der Waals surface area contributed by atoms with E-state index in [1.807, 2.05) is 24.3 Å². The molecule has 1 aromatic rings. The zero-order valence-electron chi connectivity index (χ0n) is 12.5. The Morgan fingerprint density at radius 1 is 1.29 bits per heavy atom. The Morgan fingerprint density at radius 2 is 2.00 bits per heavy atom. The zero-order chi connectivity index (χ0) is 15.1. The minimum Gasteiger partial charge on any atom is -0.396 e. The first kappa shape index (κ1) is 16.2. The fraction of sp³-hybridized carbons (Fsp3) is 0.562. The molecule has 0 radical (unpaired) electrons. The van der Waals surface area contributed by atoms with Crippen molar-refractivity contribution in [2.45, 2.75) is 37.5 Å². The van der Waals surface area contributed by atoms with Crippen LogP contribution >= 0.6 is 11.8 Å². The van der Waals surface area contributed by atoms with Crippen molar-refractivity contribution in [1.29, 1.82) is 0 Å². The smallest absolute Gasteiger partial charge is 0.319 e. The summed E-state index contributed by atoms with van der Waals surface area (Å²) in [5, 5.41) is 15.2. The predicted molar refractivity (Wildman–Crippen MR) is 88.6 cm³/mol. The molecule has 0 saturated heterocycles. The van der Waals surface area contributed by atoms with Gasteiger partial charge in [-0.3, -0.25) is 0 Å². The molecule has 2 rings (SSSR count). The first-order valence-electron chi connectivity index (χ1n) is 7.49. The van der Waals surface area contributed by atoms with E-state index in [1.54, 1.807) is 11.8 Å². The van der Waals surface area contributed by atoms with Crippen molar-refractivity contribution >= 4 is 23.5 Å². The number of nitrogens with one attached hydrogen (secondary N) is 2. The normalized spacial score (nSPS) is 21.8. The Labute approximate surface area is 130 Å². The molecule has 3 N–H and O–H groups in total. The molecule has 2 amide bonds. The highest BCUT2D eigenvalue weighted by Crippen LogP contribution is 2.24. The van der Waals surface area contributed by atoms with Crippen LogP contribution in [-0.2, 0) is 5.75 Å². The van der Waals surface area contributed by atoms with Crippen LogP contribution in [0.4, 0.5) is 10.5 Å². The third-order valence-corrected chi connectivity index (χ3v) is 4.60. The Bertz CT molecular complexity index is 450. The van der Waals surface area contributed by atoms with Crippen molar-refractivity contribution in [3.63, 3.8) is 0 Å². The Balaban J connectivity index is 1.85. The summed E-state index contributed by atoms with van der Waals surface area (Å²) in [6.45, 7) is 0.147. The summed E-state index contributed by atoms with van der Waals surface area (Å²) in [7, 11) is 0. The van der Waals surface area contributed by atoms with E-state index in [9.17, 15) is 9.90 Å². The molecule has 0 bridgehead atoms. The second-order valence-electron chi connectivity index (χ2n) is 5.56. The van der Waals surface area contributed by atoms with Gasteiger partial charge in [0.15, 0.2) is 0 Å². The topological polar surface area (TPSA) is 61.4 Å². The molecule has 5 heteroatoms. The van der Waals surface area contributed by atoms with Gasteiger partial charge in [0.25, 0.3) is 0 Å². The van der Waals surface area contributed by atoms with Crippen molar-refractivity contribution in [3.05, 3.63) is 29.8 Å². The molecular weight excluding hydrogens is 284 g/mol. The van der Waals surface area contributed by atoms with Crippen LogP contribution in [0.2, 0.25) is 0 Å². The van der Waals surface area contributed by atoms with Gasteiger partial charge in [-0.1, -0.05) is 25.0 Å². The van der Waals surface area contributed by atoms with Gasteiger partial charge in [0.1, 0.15) is 0 Å². The van der Waals surface area contributed by atoms with Crippen molar-refractivity contribution in [3.8, 4) is 0 Å². The van der Waals surface area contributed by atoms with Gasteiger partial charge in [-0.25, -0.2) is 4.79 Å². The van der Waals surface area contributed by atoms with E-state index in [2.05, 4.69) is 16.9 Å². The monoisotopic (exact) mass is 308 g/mol. The summed E-state index contributed by atoms with van der Waals surface area (Å²) in [4.78, 5) is 12.0. The van der Waals surface area contributed by atoms with Crippen LogP contribution in [0.5, 0.6) is 0 Å². The number of benzene rings is 1. The fourth-order valence-corrected chi connectivity index (χ4v) is 3.33. The lowest BCUT2D eigenvalue weighted by molar-refractivity contribution is 0.156. The SMILES string of the molecule is CSCc1ccc(NC(=O)NC2CCCCC2CO)cc1. The van der Waals surface area contributed by atoms with Crippen molar-refractivity contribution < 1.29 is 9.90 Å². The highest BCUT2D eigenvalue weighted by atomic mass is 32.2. The van der Waals surface area contributed by atoms with Crippen LogP contribution in [0.1, 0.15) is 31.2 Å². The van der Waals surface area contributed by atoms with Crippen LogP contribution in [0.3, 0.4) is 0 Å². The van der Waals surface area contributed by atoms with Gasteiger partial charge in [0.05, 0.1) is 0 Å². The quantitative estimate of drug-likeness (QED) is 0.782. The second kappa shape index (κ2) is 8.29. The van der Waals surface area contributed by atoms with E-state index in [0.717, 1.165) is 37.1 Å². The third kappa shape index (κ3) is 4.93. The summed E-state index contributed by atoms with van der Waals surface area (Å²) in [5.41, 5.74) is 2.05. The van der Waals surface area contributed by atoms with Gasteiger partial charge in [-0.05, 0) is 36.8 Å². The summed E-state index contributed by atoms with van der Waals surface area (Å²) in [5.74, 6) is 1.17. The first-order chi connectivity index (χ1) is 10.2. The van der Waals surface area contributed by atoms with Gasteiger partial charge in [-0.2, -0.15) is 11.8 Å². The predicted octanol–water partition coefficient (Wildman–Crippen LogP) is 3.22. The number of thioether (sulfide) groups is 1. The maximum Gasteiger partial charge on any atom is 0.319 e. The number of rotatable bonds is 5. The maximum atomic E-state index is 12.0. The van der Waals surface area contributed by atoms with Crippen LogP contribution < -0.4 is 10.6 Å². The Kier molecular flexibility index (Phi) is 6.39. The fourth-order valence-electron chi connectivity index (χ4n) is 2.80. The van der Waals surface area contributed by atoms with Gasteiger partial charge < -0.3 is 15.7 Å². The van der Waals surface area contributed by atoms with E-state index < -0.39 is 0 Å². The highest BCUT2D eigenvalue weighted by Gasteiger charge is 2.25. The average molecular weight is 308 g/mol. The van der Waals surface area contributed by atoms with Gasteiger partial charge >= 0.3 is 6.03 Å². The summed E-state index contributed by atoms with van der Waals surface area (Å²) >= 11 is 1.78. The Hall–Kier alpha value is -1.20. The number of aliphatic hydroxyl groups excluding tert-OH is 1. The van der Waals surface area contributed by atoms with E-state index >= 15 is 0 Å². The number of carbonyl (C=O) groups excluding carboxylic acids is 1. The molecule has 0 aliphatic heterocycles. The van der Waals surface area contributed by atoms with Crippen molar-refractivity contribution in [2.75, 3.05) is 18.2 Å². The highest BCUT2D eigenvalue weighted by molar-refractivity contribution is 7.97. The lowest BCUT2D eigenvalue weighted by Gasteiger charge is -2.30. The summed E-state index contributed by atoms with van der Waals surface area (Å²) < 4.78 is 0. The Morgan fingerprint density at radius 3 is 2.67 bits per heavy atom. The minimum atomic E-state index is -0.182. The molecule has 1 saturated carbocycles. The molecule has 1 aromatic carbocycles. The number of carbonyl (C=O) groups is 1. The van der Waals surface area contributed by atoms with Crippen molar-refractivity contribution in [1.82, 2.24) is 5.32 Å². The van der Waals surface area contributed by atoms with Crippen LogP contribution in [0.25, 0.3) is 0 Å². The van der Waals surface area contributed by atoms with E-state index in [4.69, 9.17) is 0 Å². The second-order valence-corrected chi connectivity index (χ2v) is 6.43. The number of urea groups is 1. The van der Waals surface area contributed by atoms with E-state index in [0.29, 0.717) is 0 Å². The molecular formula is C16H24N2O2S. The van der Waals surface area contributed by atoms with Gasteiger partial charge in [-0.15, -0.1) is 0 Å². The summed E-state index contributed by atoms with van der Waals surface area (Å²) in [6.07, 6.45) is 6.27. The molecule has 116 valence electrons. The molecule has 1 fully saturated rings. The lowest BCUT2D eigenvalue weighted by atomic mass is 9.85. The number of hydrogen-bond acceptors (Lipinski definition) is 3. The number of amides is 2.